The summed E-state index contributed by atoms with van der Waals surface area (Å²) in [7, 11) is 0. The molecule has 1 amide bonds. The van der Waals surface area contributed by atoms with Crippen LogP contribution in [0.25, 0.3) is 11.3 Å². The standard InChI is InChI=1S/C21H20N4O4/c1-14-8-7-11-17(25(28)29)19(14)22-20(27)21(2,3)24-18(26)13-12-16(23-24)15-9-5-4-6-10-15/h4-13H,1-3H3,(H,22,27). The third kappa shape index (κ3) is 3.91. The third-order valence-corrected chi connectivity index (χ3v) is 4.64. The molecule has 8 nitrogen and oxygen atoms in total. The summed E-state index contributed by atoms with van der Waals surface area (Å²) in [6.07, 6.45) is 0. The molecule has 29 heavy (non-hydrogen) atoms. The Morgan fingerprint density at radius 1 is 1.07 bits per heavy atom. The highest BCUT2D eigenvalue weighted by atomic mass is 16.6. The highest BCUT2D eigenvalue weighted by molar-refractivity contribution is 5.98. The molecule has 1 aromatic heterocycles. The molecular formula is C21H20N4O4. The number of nitrogens with zero attached hydrogens (tertiary/aromatic N) is 3. The highest BCUT2D eigenvalue weighted by Gasteiger charge is 2.34. The molecule has 0 spiro atoms. The number of aromatic nitrogens is 2. The van der Waals surface area contributed by atoms with E-state index in [2.05, 4.69) is 10.4 Å². The molecule has 1 N–H and O–H groups in total. The highest BCUT2D eigenvalue weighted by Crippen LogP contribution is 2.29. The van der Waals surface area contributed by atoms with Crippen molar-refractivity contribution in [2.24, 2.45) is 0 Å². The Morgan fingerprint density at radius 3 is 2.41 bits per heavy atom. The number of aryl methyl sites for hydroxylation is 1. The maximum Gasteiger partial charge on any atom is 0.293 e. The second-order valence-electron chi connectivity index (χ2n) is 7.07. The normalized spacial score (nSPS) is 11.1. The zero-order valence-corrected chi connectivity index (χ0v) is 16.2. The lowest BCUT2D eigenvalue weighted by Crippen LogP contribution is -2.47. The van der Waals surface area contributed by atoms with Crippen molar-refractivity contribution in [3.8, 4) is 11.3 Å². The van der Waals surface area contributed by atoms with Gasteiger partial charge < -0.3 is 5.32 Å². The van der Waals surface area contributed by atoms with Gasteiger partial charge in [0.05, 0.1) is 10.6 Å². The van der Waals surface area contributed by atoms with Crippen LogP contribution in [0, 0.1) is 17.0 Å². The van der Waals surface area contributed by atoms with E-state index in [4.69, 9.17) is 0 Å². The molecule has 0 saturated heterocycles. The van der Waals surface area contributed by atoms with Gasteiger partial charge in [0.2, 0.25) is 0 Å². The van der Waals surface area contributed by atoms with Gasteiger partial charge in [-0.05, 0) is 32.4 Å². The maximum atomic E-state index is 13.0. The van der Waals surface area contributed by atoms with Gasteiger partial charge in [-0.25, -0.2) is 4.68 Å². The van der Waals surface area contributed by atoms with Crippen molar-refractivity contribution in [2.45, 2.75) is 26.3 Å². The Kier molecular flexibility index (Phi) is 5.27. The number of rotatable bonds is 5. The number of anilines is 1. The zero-order valence-electron chi connectivity index (χ0n) is 16.2. The first-order valence-corrected chi connectivity index (χ1v) is 8.93. The lowest BCUT2D eigenvalue weighted by atomic mass is 10.0. The summed E-state index contributed by atoms with van der Waals surface area (Å²) < 4.78 is 1.09. The number of benzene rings is 2. The van der Waals surface area contributed by atoms with Crippen LogP contribution in [0.4, 0.5) is 11.4 Å². The topological polar surface area (TPSA) is 107 Å². The quantitative estimate of drug-likeness (QED) is 0.528. The molecule has 0 unspecified atom stereocenters. The lowest BCUT2D eigenvalue weighted by Gasteiger charge is -2.25. The first kappa shape index (κ1) is 19.9. The summed E-state index contributed by atoms with van der Waals surface area (Å²) in [5.41, 5.74) is -0.0843. The maximum absolute atomic E-state index is 13.0. The molecule has 148 valence electrons. The van der Waals surface area contributed by atoms with Crippen molar-refractivity contribution in [3.63, 3.8) is 0 Å². The molecule has 0 aliphatic heterocycles. The van der Waals surface area contributed by atoms with Crippen LogP contribution >= 0.6 is 0 Å². The summed E-state index contributed by atoms with van der Waals surface area (Å²) in [4.78, 5) is 36.2. The Morgan fingerprint density at radius 2 is 1.76 bits per heavy atom. The summed E-state index contributed by atoms with van der Waals surface area (Å²) in [6, 6.07) is 16.7. The fraction of sp³-hybridized carbons (Fsp3) is 0.190. The van der Waals surface area contributed by atoms with Crippen LogP contribution in [0.3, 0.4) is 0 Å². The Bertz CT molecular complexity index is 1140. The lowest BCUT2D eigenvalue weighted by molar-refractivity contribution is -0.384. The molecule has 0 radical (unpaired) electrons. The monoisotopic (exact) mass is 392 g/mol. The van der Waals surface area contributed by atoms with Crippen LogP contribution in [0.5, 0.6) is 0 Å². The van der Waals surface area contributed by atoms with Crippen molar-refractivity contribution in [2.75, 3.05) is 5.32 Å². The molecule has 0 aliphatic carbocycles. The molecule has 0 saturated carbocycles. The van der Waals surface area contributed by atoms with Crippen LogP contribution in [0.2, 0.25) is 0 Å². The van der Waals surface area contributed by atoms with E-state index >= 15 is 0 Å². The zero-order chi connectivity index (χ0) is 21.2. The summed E-state index contributed by atoms with van der Waals surface area (Å²) >= 11 is 0. The summed E-state index contributed by atoms with van der Waals surface area (Å²) in [6.45, 7) is 4.74. The number of nitrogens with one attached hydrogen (secondary N) is 1. The molecule has 2 aromatic carbocycles. The predicted molar refractivity (Wildman–Crippen MR) is 110 cm³/mol. The Labute approximate surface area is 167 Å². The van der Waals surface area contributed by atoms with Gasteiger partial charge in [0.15, 0.2) is 0 Å². The fourth-order valence-electron chi connectivity index (χ4n) is 2.90. The Balaban J connectivity index is 2.01. The van der Waals surface area contributed by atoms with E-state index in [0.29, 0.717) is 11.3 Å². The van der Waals surface area contributed by atoms with E-state index in [1.807, 2.05) is 30.3 Å². The molecule has 0 atom stereocenters. The van der Waals surface area contributed by atoms with Gasteiger partial charge in [-0.2, -0.15) is 5.10 Å². The minimum Gasteiger partial charge on any atom is -0.318 e. The van der Waals surface area contributed by atoms with E-state index in [1.165, 1.54) is 26.0 Å². The van der Waals surface area contributed by atoms with Crippen LogP contribution < -0.4 is 10.9 Å². The number of carbonyl (C=O) groups is 1. The molecule has 1 heterocycles. The first-order valence-electron chi connectivity index (χ1n) is 8.93. The molecule has 3 rings (SSSR count). The number of carbonyl (C=O) groups excluding carboxylic acids is 1. The van der Waals surface area contributed by atoms with E-state index in [-0.39, 0.29) is 11.4 Å². The number of hydrogen-bond donors (Lipinski definition) is 1. The molecule has 0 fully saturated rings. The summed E-state index contributed by atoms with van der Waals surface area (Å²) in [5.74, 6) is -0.588. The fourth-order valence-corrected chi connectivity index (χ4v) is 2.90. The molecular weight excluding hydrogens is 372 g/mol. The van der Waals surface area contributed by atoms with Crippen LogP contribution in [0.1, 0.15) is 19.4 Å². The van der Waals surface area contributed by atoms with Crippen LogP contribution in [-0.4, -0.2) is 20.6 Å². The van der Waals surface area contributed by atoms with E-state index in [1.54, 1.807) is 25.1 Å². The van der Waals surface area contributed by atoms with E-state index < -0.39 is 21.9 Å². The van der Waals surface area contributed by atoms with Gasteiger partial charge in [0.25, 0.3) is 17.2 Å². The largest absolute Gasteiger partial charge is 0.318 e. The van der Waals surface area contributed by atoms with Gasteiger partial charge in [-0.15, -0.1) is 0 Å². The molecule has 8 heteroatoms. The average molecular weight is 392 g/mol. The van der Waals surface area contributed by atoms with E-state index in [9.17, 15) is 19.7 Å². The second kappa shape index (κ2) is 7.67. The average Bonchev–Trinajstić information content (AvgIpc) is 2.70. The minimum atomic E-state index is -1.39. The number of nitro benzene ring substituents is 1. The number of amides is 1. The van der Waals surface area contributed by atoms with Crippen LogP contribution in [-0.2, 0) is 10.3 Å². The van der Waals surface area contributed by atoms with Crippen LogP contribution in [0.15, 0.2) is 65.5 Å². The molecule has 0 aliphatic rings. The smallest absolute Gasteiger partial charge is 0.293 e. The van der Waals surface area contributed by atoms with Gasteiger partial charge >= 0.3 is 0 Å². The van der Waals surface area contributed by atoms with Crippen molar-refractivity contribution >= 4 is 17.3 Å². The van der Waals surface area contributed by atoms with Crippen molar-refractivity contribution in [3.05, 3.63) is 86.7 Å². The van der Waals surface area contributed by atoms with Crippen molar-refractivity contribution in [1.29, 1.82) is 0 Å². The van der Waals surface area contributed by atoms with Crippen molar-refractivity contribution < 1.29 is 9.72 Å². The number of hydrogen-bond acceptors (Lipinski definition) is 5. The first-order chi connectivity index (χ1) is 13.7. The number of nitro groups is 1. The Hall–Kier alpha value is -3.81. The number of para-hydroxylation sites is 1. The van der Waals surface area contributed by atoms with E-state index in [0.717, 1.165) is 10.2 Å². The molecule has 3 aromatic rings. The summed E-state index contributed by atoms with van der Waals surface area (Å²) in [5, 5.41) is 18.3. The SMILES string of the molecule is Cc1cccc([N+](=O)[O-])c1NC(=O)C(C)(C)n1nc(-c2ccccc2)ccc1=O. The van der Waals surface area contributed by atoms with Gasteiger partial charge in [0.1, 0.15) is 11.2 Å². The third-order valence-electron chi connectivity index (χ3n) is 4.64. The van der Waals surface area contributed by atoms with Gasteiger partial charge in [0, 0.05) is 17.7 Å². The molecule has 0 bridgehead atoms. The predicted octanol–water partition coefficient (Wildman–Crippen LogP) is 3.50. The second-order valence-corrected chi connectivity index (χ2v) is 7.07. The minimum absolute atomic E-state index is 0.0998. The van der Waals surface area contributed by atoms with Gasteiger partial charge in [-0.3, -0.25) is 19.7 Å². The van der Waals surface area contributed by atoms with Gasteiger partial charge in [-0.1, -0.05) is 42.5 Å². The van der Waals surface area contributed by atoms with Crippen molar-refractivity contribution in [1.82, 2.24) is 9.78 Å².